The van der Waals surface area contributed by atoms with Gasteiger partial charge in [-0.25, -0.2) is 4.98 Å². The van der Waals surface area contributed by atoms with E-state index in [4.69, 9.17) is 21.3 Å². The molecule has 3 rings (SSSR count). The molecule has 0 saturated carbocycles. The van der Waals surface area contributed by atoms with Crippen molar-refractivity contribution in [2.45, 2.75) is 6.42 Å². The van der Waals surface area contributed by atoms with Gasteiger partial charge in [0.1, 0.15) is 11.9 Å². The van der Waals surface area contributed by atoms with Crippen LogP contribution in [0.25, 0.3) is 22.6 Å². The number of nitrogens with zero attached hydrogens (tertiary/aromatic N) is 2. The van der Waals surface area contributed by atoms with Crippen molar-refractivity contribution < 1.29 is 9.21 Å². The Balaban J connectivity index is 1.93. The maximum Gasteiger partial charge on any atom is 0.238 e. The first-order chi connectivity index (χ1) is 10.7. The van der Waals surface area contributed by atoms with Crippen molar-refractivity contribution in [2.24, 2.45) is 0 Å². The highest BCUT2D eigenvalue weighted by molar-refractivity contribution is 6.31. The van der Waals surface area contributed by atoms with Crippen LogP contribution in [0.15, 0.2) is 46.9 Å². The van der Waals surface area contributed by atoms with Gasteiger partial charge in [-0.1, -0.05) is 17.7 Å². The summed E-state index contributed by atoms with van der Waals surface area (Å²) in [5, 5.41) is 11.7. The Morgan fingerprint density at radius 1 is 1.32 bits per heavy atom. The number of carbonyl (C=O) groups is 1. The lowest BCUT2D eigenvalue weighted by atomic mass is 10.2. The number of halogens is 1. The molecule has 5 nitrogen and oxygen atoms in total. The number of fused-ring (bicyclic) bond motifs is 1. The predicted molar refractivity (Wildman–Crippen MR) is 83.3 cm³/mol. The lowest BCUT2D eigenvalue weighted by Gasteiger charge is -2.03. The largest absolute Gasteiger partial charge is 0.436 e. The van der Waals surface area contributed by atoms with Gasteiger partial charge in [0, 0.05) is 22.3 Å². The topological polar surface area (TPSA) is 78.9 Å². The summed E-state index contributed by atoms with van der Waals surface area (Å²) in [7, 11) is 0. The summed E-state index contributed by atoms with van der Waals surface area (Å²) in [6, 6.07) is 14.1. The maximum absolute atomic E-state index is 11.5. The lowest BCUT2D eigenvalue weighted by Crippen LogP contribution is -2.09. The van der Waals surface area contributed by atoms with E-state index in [1.807, 2.05) is 6.07 Å². The molecule has 6 heteroatoms. The van der Waals surface area contributed by atoms with E-state index in [-0.39, 0.29) is 12.3 Å². The molecule has 2 aromatic carbocycles. The smallest absolute Gasteiger partial charge is 0.238 e. The summed E-state index contributed by atoms with van der Waals surface area (Å²) < 4.78 is 5.68. The number of rotatable bonds is 3. The van der Waals surface area contributed by atoms with Crippen LogP contribution in [-0.4, -0.2) is 10.9 Å². The van der Waals surface area contributed by atoms with E-state index in [1.165, 1.54) is 0 Å². The van der Waals surface area contributed by atoms with E-state index in [1.54, 1.807) is 42.5 Å². The highest BCUT2D eigenvalue weighted by Gasteiger charge is 2.10. The Bertz CT molecular complexity index is 896. The van der Waals surface area contributed by atoms with Gasteiger partial charge in [0.15, 0.2) is 5.58 Å². The van der Waals surface area contributed by atoms with Crippen molar-refractivity contribution in [3.05, 3.63) is 47.5 Å². The highest BCUT2D eigenvalue weighted by atomic mass is 35.5. The van der Waals surface area contributed by atoms with E-state index in [9.17, 15) is 4.79 Å². The Morgan fingerprint density at radius 2 is 2.18 bits per heavy atom. The fraction of sp³-hybridized carbons (Fsp3) is 0.0625. The molecule has 0 aliphatic carbocycles. The molecule has 1 N–H and O–H groups in total. The van der Waals surface area contributed by atoms with Gasteiger partial charge in [-0.15, -0.1) is 0 Å². The summed E-state index contributed by atoms with van der Waals surface area (Å²) in [6.45, 7) is 0. The molecular weight excluding hydrogens is 302 g/mol. The Labute approximate surface area is 131 Å². The monoisotopic (exact) mass is 311 g/mol. The number of hydrogen-bond acceptors (Lipinski definition) is 4. The predicted octanol–water partition coefficient (Wildman–Crippen LogP) is 4.00. The zero-order valence-electron chi connectivity index (χ0n) is 11.3. The van der Waals surface area contributed by atoms with Gasteiger partial charge < -0.3 is 9.73 Å². The van der Waals surface area contributed by atoms with Crippen molar-refractivity contribution in [1.82, 2.24) is 4.98 Å². The molecule has 0 unspecified atom stereocenters. The van der Waals surface area contributed by atoms with Crippen LogP contribution >= 0.6 is 11.6 Å². The first-order valence-corrected chi connectivity index (χ1v) is 6.87. The van der Waals surface area contributed by atoms with Crippen LogP contribution < -0.4 is 5.32 Å². The molecule has 3 aromatic rings. The zero-order chi connectivity index (χ0) is 15.5. The molecule has 0 bridgehead atoms. The van der Waals surface area contributed by atoms with E-state index in [0.29, 0.717) is 27.7 Å². The number of nitrogens with one attached hydrogen (secondary N) is 1. The molecule has 0 radical (unpaired) electrons. The number of carbonyl (C=O) groups excluding carboxylic acids is 1. The Kier molecular flexibility index (Phi) is 3.77. The molecule has 0 aliphatic heterocycles. The molecule has 1 amide bonds. The van der Waals surface area contributed by atoms with E-state index < -0.39 is 0 Å². The summed E-state index contributed by atoms with van der Waals surface area (Å²) in [4.78, 5) is 15.8. The normalized spacial score (nSPS) is 10.4. The summed E-state index contributed by atoms with van der Waals surface area (Å²) in [5.74, 6) is 0.0812. The quantitative estimate of drug-likeness (QED) is 0.793. The molecule has 0 saturated heterocycles. The number of nitriles is 1. The Morgan fingerprint density at radius 3 is 3.00 bits per heavy atom. The first kappa shape index (κ1) is 14.1. The van der Waals surface area contributed by atoms with Crippen LogP contribution in [0, 0.1) is 11.3 Å². The fourth-order valence-corrected chi connectivity index (χ4v) is 2.19. The molecule has 1 aromatic heterocycles. The number of benzene rings is 2. The SMILES string of the molecule is N#CCC(=O)Nc1cccc(-c2nc3ccc(Cl)cc3o2)c1. The summed E-state index contributed by atoms with van der Waals surface area (Å²) >= 11 is 5.92. The van der Waals surface area contributed by atoms with Crippen LogP contribution in [0.3, 0.4) is 0 Å². The maximum atomic E-state index is 11.5. The molecule has 0 spiro atoms. The average molecular weight is 312 g/mol. The van der Waals surface area contributed by atoms with E-state index in [2.05, 4.69) is 10.3 Å². The minimum atomic E-state index is -0.357. The summed E-state index contributed by atoms with van der Waals surface area (Å²) in [6.07, 6.45) is -0.189. The van der Waals surface area contributed by atoms with Crippen molar-refractivity contribution in [1.29, 1.82) is 5.26 Å². The third-order valence-corrected chi connectivity index (χ3v) is 3.22. The van der Waals surface area contributed by atoms with Gasteiger partial charge in [0.2, 0.25) is 11.8 Å². The Hall–Kier alpha value is -2.84. The third kappa shape index (κ3) is 2.92. The third-order valence-electron chi connectivity index (χ3n) is 2.98. The van der Waals surface area contributed by atoms with E-state index >= 15 is 0 Å². The lowest BCUT2D eigenvalue weighted by molar-refractivity contribution is -0.115. The number of hydrogen-bond donors (Lipinski definition) is 1. The van der Waals surface area contributed by atoms with Gasteiger partial charge >= 0.3 is 0 Å². The molecule has 1 heterocycles. The average Bonchev–Trinajstić information content (AvgIpc) is 2.90. The van der Waals surface area contributed by atoms with Crippen LogP contribution in [-0.2, 0) is 4.79 Å². The second-order valence-corrected chi connectivity index (χ2v) is 5.03. The van der Waals surface area contributed by atoms with Crippen molar-refractivity contribution >= 4 is 34.3 Å². The zero-order valence-corrected chi connectivity index (χ0v) is 12.1. The molecule has 0 aliphatic rings. The second kappa shape index (κ2) is 5.88. The van der Waals surface area contributed by atoms with Crippen molar-refractivity contribution in [3.63, 3.8) is 0 Å². The van der Waals surface area contributed by atoms with Crippen LogP contribution in [0.4, 0.5) is 5.69 Å². The summed E-state index contributed by atoms with van der Waals surface area (Å²) in [5.41, 5.74) is 2.61. The minimum Gasteiger partial charge on any atom is -0.436 e. The molecular formula is C16H10ClN3O2. The molecule has 0 fully saturated rings. The van der Waals surface area contributed by atoms with E-state index in [0.717, 1.165) is 5.56 Å². The molecule has 22 heavy (non-hydrogen) atoms. The highest BCUT2D eigenvalue weighted by Crippen LogP contribution is 2.27. The van der Waals surface area contributed by atoms with Gasteiger partial charge in [-0.05, 0) is 30.3 Å². The van der Waals surface area contributed by atoms with Gasteiger partial charge in [-0.2, -0.15) is 5.26 Å². The first-order valence-electron chi connectivity index (χ1n) is 6.49. The van der Waals surface area contributed by atoms with Gasteiger partial charge in [-0.3, -0.25) is 4.79 Å². The minimum absolute atomic E-state index is 0.189. The molecule has 108 valence electrons. The second-order valence-electron chi connectivity index (χ2n) is 4.59. The van der Waals surface area contributed by atoms with Crippen LogP contribution in [0.5, 0.6) is 0 Å². The van der Waals surface area contributed by atoms with Gasteiger partial charge in [0.05, 0.1) is 6.07 Å². The number of oxazole rings is 1. The van der Waals surface area contributed by atoms with Crippen LogP contribution in [0.1, 0.15) is 6.42 Å². The molecule has 0 atom stereocenters. The van der Waals surface area contributed by atoms with Crippen molar-refractivity contribution in [2.75, 3.05) is 5.32 Å². The number of amides is 1. The number of aromatic nitrogens is 1. The van der Waals surface area contributed by atoms with Gasteiger partial charge in [0.25, 0.3) is 0 Å². The van der Waals surface area contributed by atoms with Crippen LogP contribution in [0.2, 0.25) is 5.02 Å². The fourth-order valence-electron chi connectivity index (χ4n) is 2.03. The van der Waals surface area contributed by atoms with Crippen molar-refractivity contribution in [3.8, 4) is 17.5 Å². The number of anilines is 1. The standard InChI is InChI=1S/C16H10ClN3O2/c17-11-4-5-13-14(9-11)22-16(20-13)10-2-1-3-12(8-10)19-15(21)6-7-18/h1-5,8-9H,6H2,(H,19,21).